The fraction of sp³-hybridized carbons (Fsp3) is 0.667. The van der Waals surface area contributed by atoms with Crippen LogP contribution in [0.5, 0.6) is 0 Å². The summed E-state index contributed by atoms with van der Waals surface area (Å²) in [6, 6.07) is 0. The van der Waals surface area contributed by atoms with E-state index in [0.717, 1.165) is 5.01 Å². The van der Waals surface area contributed by atoms with E-state index < -0.39 is 5.03 Å². The van der Waals surface area contributed by atoms with Gasteiger partial charge in [-0.3, -0.25) is 0 Å². The number of hydrazine groups is 1. The van der Waals surface area contributed by atoms with Gasteiger partial charge < -0.3 is 0 Å². The number of tetrazole rings is 1. The second-order valence-electron chi connectivity index (χ2n) is 1.67. The lowest BCUT2D eigenvalue weighted by molar-refractivity contribution is -0.495. The molecule has 0 unspecified atom stereocenters. The predicted molar refractivity (Wildman–Crippen MR) is 34.2 cm³/mol. The molecule has 0 saturated heterocycles. The summed E-state index contributed by atoms with van der Waals surface area (Å²) in [4.78, 5) is 10.2. The van der Waals surface area contributed by atoms with Crippen LogP contribution >= 0.6 is 0 Å². The summed E-state index contributed by atoms with van der Waals surface area (Å²) in [5, 5.41) is 22.6. The Kier molecular flexibility index (Phi) is 1.95. The number of hydrogen-bond acceptors (Lipinski definition) is 5. The second-order valence-corrected chi connectivity index (χ2v) is 1.67. The van der Waals surface area contributed by atoms with E-state index in [9.17, 15) is 10.1 Å². The molecule has 0 fully saturated rings. The molecule has 0 aliphatic heterocycles. The van der Waals surface area contributed by atoms with Crippen molar-refractivity contribution >= 4 is 5.95 Å². The van der Waals surface area contributed by atoms with E-state index in [2.05, 4.69) is 20.6 Å². The first-order valence-corrected chi connectivity index (χ1v) is 2.91. The molecule has 0 aliphatic carbocycles. The molecule has 1 aromatic rings. The molecule has 0 amide bonds. The van der Waals surface area contributed by atoms with E-state index in [1.54, 1.807) is 6.92 Å². The Balaban J connectivity index is 2.79. The Morgan fingerprint density at radius 2 is 2.55 bits per heavy atom. The molecule has 8 nitrogen and oxygen atoms in total. The van der Waals surface area contributed by atoms with Gasteiger partial charge in [0.1, 0.15) is 0 Å². The van der Waals surface area contributed by atoms with Crippen molar-refractivity contribution in [2.45, 2.75) is 6.92 Å². The molecule has 0 spiro atoms. The average Bonchev–Trinajstić information content (AvgIpc) is 2.40. The van der Waals surface area contributed by atoms with Gasteiger partial charge in [-0.1, -0.05) is 10.1 Å². The van der Waals surface area contributed by atoms with Gasteiger partial charge >= 0.3 is 5.95 Å². The summed E-state index contributed by atoms with van der Waals surface area (Å²) < 4.78 is 0. The standard InChI is InChI=1S/C3H6N6O2/c1-2-8(9(10)11)3-4-6-7-5-3/h2H2,1H3,(H,4,5,6,7). The predicted octanol–water partition coefficient (Wildman–Crippen LogP) is -0.782. The number of nitrogens with one attached hydrogen (secondary N) is 1. The summed E-state index contributed by atoms with van der Waals surface area (Å²) in [5.74, 6) is -0.0301. The normalized spacial score (nSPS) is 9.55. The van der Waals surface area contributed by atoms with E-state index in [-0.39, 0.29) is 12.5 Å². The van der Waals surface area contributed by atoms with Gasteiger partial charge in [0, 0.05) is 0 Å². The highest BCUT2D eigenvalue weighted by molar-refractivity contribution is 5.18. The van der Waals surface area contributed by atoms with Crippen LogP contribution in [0.4, 0.5) is 5.95 Å². The number of rotatable bonds is 3. The largest absolute Gasteiger partial charge is 0.326 e. The number of anilines is 1. The molecule has 60 valence electrons. The zero-order valence-corrected chi connectivity index (χ0v) is 5.76. The summed E-state index contributed by atoms with van der Waals surface area (Å²) in [7, 11) is 0. The molecule has 0 radical (unpaired) electrons. The van der Waals surface area contributed by atoms with E-state index >= 15 is 0 Å². The Morgan fingerprint density at radius 1 is 1.82 bits per heavy atom. The molecule has 1 heterocycles. The SMILES string of the molecule is CCN(c1nn[nH]n1)[N+](=O)[O-]. The minimum atomic E-state index is -0.592. The van der Waals surface area contributed by atoms with E-state index in [1.807, 2.05) is 0 Å². The Hall–Kier alpha value is -1.73. The maximum Gasteiger partial charge on any atom is 0.326 e. The third-order valence-electron chi connectivity index (χ3n) is 1.06. The third-order valence-corrected chi connectivity index (χ3v) is 1.06. The van der Waals surface area contributed by atoms with Crippen molar-refractivity contribution in [1.29, 1.82) is 0 Å². The van der Waals surface area contributed by atoms with Gasteiger partial charge in [-0.25, -0.2) is 10.1 Å². The van der Waals surface area contributed by atoms with Crippen LogP contribution in [0, 0.1) is 10.1 Å². The number of nitrogens with zero attached hydrogens (tertiary/aromatic N) is 5. The van der Waals surface area contributed by atoms with Gasteiger partial charge in [0.25, 0.3) is 0 Å². The molecule has 0 saturated carbocycles. The Labute approximate surface area is 61.3 Å². The van der Waals surface area contributed by atoms with Crippen LogP contribution in [0.25, 0.3) is 0 Å². The third kappa shape index (κ3) is 1.39. The van der Waals surface area contributed by atoms with Crippen molar-refractivity contribution in [3.05, 3.63) is 10.1 Å². The second kappa shape index (κ2) is 2.90. The van der Waals surface area contributed by atoms with Crippen molar-refractivity contribution in [2.75, 3.05) is 11.6 Å². The lowest BCUT2D eigenvalue weighted by Crippen LogP contribution is -2.30. The van der Waals surface area contributed by atoms with E-state index in [1.165, 1.54) is 0 Å². The zero-order valence-electron chi connectivity index (χ0n) is 5.76. The van der Waals surface area contributed by atoms with Gasteiger partial charge in [0.2, 0.25) is 0 Å². The topological polar surface area (TPSA) is 101 Å². The molecule has 0 aromatic carbocycles. The molecule has 1 rings (SSSR count). The molecule has 0 bridgehead atoms. The highest BCUT2D eigenvalue weighted by Crippen LogP contribution is 2.00. The maximum absolute atomic E-state index is 10.2. The van der Waals surface area contributed by atoms with Gasteiger partial charge in [-0.15, -0.1) is 5.10 Å². The monoisotopic (exact) mass is 158 g/mol. The minimum Gasteiger partial charge on any atom is -0.234 e. The summed E-state index contributed by atoms with van der Waals surface area (Å²) in [6.45, 7) is 1.83. The van der Waals surface area contributed by atoms with Crippen LogP contribution in [-0.2, 0) is 0 Å². The van der Waals surface area contributed by atoms with Gasteiger partial charge in [0.15, 0.2) is 5.03 Å². The molecule has 8 heteroatoms. The lowest BCUT2D eigenvalue weighted by atomic mass is 10.7. The van der Waals surface area contributed by atoms with Crippen molar-refractivity contribution in [3.63, 3.8) is 0 Å². The highest BCUT2D eigenvalue weighted by atomic mass is 16.7. The van der Waals surface area contributed by atoms with E-state index in [4.69, 9.17) is 0 Å². The summed E-state index contributed by atoms with van der Waals surface area (Å²) in [6.07, 6.45) is 0. The van der Waals surface area contributed by atoms with Crippen LogP contribution in [0.15, 0.2) is 0 Å². The highest BCUT2D eigenvalue weighted by Gasteiger charge is 2.18. The maximum atomic E-state index is 10.2. The van der Waals surface area contributed by atoms with Crippen molar-refractivity contribution in [3.8, 4) is 0 Å². The first-order chi connectivity index (χ1) is 5.25. The minimum absolute atomic E-state index is 0.0301. The van der Waals surface area contributed by atoms with Crippen LogP contribution < -0.4 is 5.01 Å². The van der Waals surface area contributed by atoms with Crippen LogP contribution in [0.1, 0.15) is 6.92 Å². The molecule has 1 N–H and O–H groups in total. The van der Waals surface area contributed by atoms with Gasteiger partial charge in [0.05, 0.1) is 6.54 Å². The van der Waals surface area contributed by atoms with Gasteiger partial charge in [-0.05, 0) is 12.1 Å². The lowest BCUT2D eigenvalue weighted by Gasteiger charge is -2.03. The molecule has 0 aliphatic rings. The smallest absolute Gasteiger partial charge is 0.234 e. The number of nitro groups is 1. The van der Waals surface area contributed by atoms with E-state index in [0.29, 0.717) is 0 Å². The fourth-order valence-electron chi connectivity index (χ4n) is 0.596. The van der Waals surface area contributed by atoms with Crippen molar-refractivity contribution in [2.24, 2.45) is 0 Å². The van der Waals surface area contributed by atoms with Crippen LogP contribution in [-0.4, -0.2) is 32.2 Å². The van der Waals surface area contributed by atoms with Crippen molar-refractivity contribution in [1.82, 2.24) is 20.6 Å². The Morgan fingerprint density at radius 3 is 2.91 bits per heavy atom. The first-order valence-electron chi connectivity index (χ1n) is 2.91. The number of H-pyrrole nitrogens is 1. The Bertz CT molecular complexity index is 232. The molecule has 0 atom stereocenters. The average molecular weight is 158 g/mol. The summed E-state index contributed by atoms with van der Waals surface area (Å²) >= 11 is 0. The molecule has 1 aromatic heterocycles. The van der Waals surface area contributed by atoms with Gasteiger partial charge in [-0.2, -0.15) is 5.21 Å². The summed E-state index contributed by atoms with van der Waals surface area (Å²) in [5.41, 5.74) is 0. The molecule has 11 heavy (non-hydrogen) atoms. The molecular formula is C3H6N6O2. The molecular weight excluding hydrogens is 152 g/mol. The first kappa shape index (κ1) is 7.38. The number of aromatic nitrogens is 4. The van der Waals surface area contributed by atoms with Crippen molar-refractivity contribution < 1.29 is 5.03 Å². The quantitative estimate of drug-likeness (QED) is 0.457. The zero-order chi connectivity index (χ0) is 8.27. The number of aromatic amines is 1. The van der Waals surface area contributed by atoms with Crippen LogP contribution in [0.2, 0.25) is 0 Å². The number of hydrogen-bond donors (Lipinski definition) is 1. The fourth-order valence-corrected chi connectivity index (χ4v) is 0.596. The van der Waals surface area contributed by atoms with Crippen LogP contribution in [0.3, 0.4) is 0 Å².